The minimum Gasteiger partial charge on any atom is -0.391 e. The van der Waals surface area contributed by atoms with Crippen LogP contribution in [0, 0.1) is 0 Å². The number of carbonyl (C=O) groups excluding carboxylic acids is 1. The maximum atomic E-state index is 12.3. The van der Waals surface area contributed by atoms with Crippen molar-refractivity contribution in [2.45, 2.75) is 57.6 Å². The Bertz CT molecular complexity index is 479. The topological polar surface area (TPSA) is 62.2 Å². The molecule has 1 heterocycles. The van der Waals surface area contributed by atoms with Gasteiger partial charge in [-0.1, -0.05) is 37.8 Å². The van der Waals surface area contributed by atoms with Gasteiger partial charge < -0.3 is 10.4 Å². The second-order valence-corrected chi connectivity index (χ2v) is 5.74. The Morgan fingerprint density at radius 1 is 1.45 bits per heavy atom. The van der Waals surface area contributed by atoms with Crippen LogP contribution < -0.4 is 5.32 Å². The first-order chi connectivity index (χ1) is 9.60. The fraction of sp³-hybridized carbons (Fsp3) is 0.600. The standard InChI is InChI=1S/C15H21ClN2O2/c1-2-5-11-8-10(9-14(16)17-11)15(20)18-12-6-3-4-7-13(12)19/h8-9,12-13,19H,2-7H2,1H3,(H,18,20). The second-order valence-electron chi connectivity index (χ2n) is 5.35. The summed E-state index contributed by atoms with van der Waals surface area (Å²) in [4.78, 5) is 16.5. The van der Waals surface area contributed by atoms with Crippen LogP contribution in [0.4, 0.5) is 0 Å². The molecule has 0 spiro atoms. The lowest BCUT2D eigenvalue weighted by molar-refractivity contribution is 0.0717. The lowest BCUT2D eigenvalue weighted by Crippen LogP contribution is -2.45. The highest BCUT2D eigenvalue weighted by molar-refractivity contribution is 6.29. The molecule has 0 radical (unpaired) electrons. The third-order valence-corrected chi connectivity index (χ3v) is 3.86. The molecule has 0 aliphatic heterocycles. The Kier molecular flexibility index (Phi) is 5.38. The number of nitrogens with zero attached hydrogens (tertiary/aromatic N) is 1. The van der Waals surface area contributed by atoms with Gasteiger partial charge in [0.2, 0.25) is 0 Å². The Hall–Kier alpha value is -1.13. The smallest absolute Gasteiger partial charge is 0.251 e. The Labute approximate surface area is 124 Å². The molecule has 0 bridgehead atoms. The normalized spacial score (nSPS) is 22.6. The van der Waals surface area contributed by atoms with Crippen molar-refractivity contribution in [1.82, 2.24) is 10.3 Å². The first-order valence-corrected chi connectivity index (χ1v) is 7.63. The van der Waals surface area contributed by atoms with Gasteiger partial charge in [-0.25, -0.2) is 4.98 Å². The van der Waals surface area contributed by atoms with Crippen molar-refractivity contribution in [3.63, 3.8) is 0 Å². The number of rotatable bonds is 4. The van der Waals surface area contributed by atoms with Crippen molar-refractivity contribution >= 4 is 17.5 Å². The first-order valence-electron chi connectivity index (χ1n) is 7.25. The number of nitrogens with one attached hydrogen (secondary N) is 1. The molecule has 2 rings (SSSR count). The minimum absolute atomic E-state index is 0.155. The molecule has 4 nitrogen and oxygen atoms in total. The van der Waals surface area contributed by atoms with Gasteiger partial charge in [0.05, 0.1) is 12.1 Å². The quantitative estimate of drug-likeness (QED) is 0.840. The molecule has 110 valence electrons. The summed E-state index contributed by atoms with van der Waals surface area (Å²) >= 11 is 5.96. The van der Waals surface area contributed by atoms with Gasteiger partial charge in [-0.3, -0.25) is 4.79 Å². The van der Waals surface area contributed by atoms with Crippen LogP contribution in [0.2, 0.25) is 5.15 Å². The fourth-order valence-corrected chi connectivity index (χ4v) is 2.82. The van der Waals surface area contributed by atoms with Gasteiger partial charge in [0.1, 0.15) is 5.15 Å². The number of amides is 1. The maximum Gasteiger partial charge on any atom is 0.251 e. The number of halogens is 1. The van der Waals surface area contributed by atoms with Gasteiger partial charge in [0, 0.05) is 11.3 Å². The van der Waals surface area contributed by atoms with Crippen LogP contribution in [-0.2, 0) is 6.42 Å². The summed E-state index contributed by atoms with van der Waals surface area (Å²) in [5.74, 6) is -0.183. The van der Waals surface area contributed by atoms with Crippen molar-refractivity contribution in [1.29, 1.82) is 0 Å². The van der Waals surface area contributed by atoms with E-state index in [1.54, 1.807) is 12.1 Å². The van der Waals surface area contributed by atoms with Crippen molar-refractivity contribution < 1.29 is 9.90 Å². The molecule has 2 N–H and O–H groups in total. The van der Waals surface area contributed by atoms with Gasteiger partial charge in [0.15, 0.2) is 0 Å². The Balaban J connectivity index is 2.08. The molecule has 1 aromatic rings. The average Bonchev–Trinajstić information content (AvgIpc) is 2.41. The molecule has 2 unspecified atom stereocenters. The maximum absolute atomic E-state index is 12.3. The Morgan fingerprint density at radius 2 is 2.20 bits per heavy atom. The Morgan fingerprint density at radius 3 is 2.90 bits per heavy atom. The molecule has 0 aromatic carbocycles. The lowest BCUT2D eigenvalue weighted by Gasteiger charge is -2.28. The summed E-state index contributed by atoms with van der Waals surface area (Å²) in [7, 11) is 0. The van der Waals surface area contributed by atoms with Crippen molar-refractivity contribution in [3.05, 3.63) is 28.5 Å². The molecule has 5 heteroatoms. The number of carbonyl (C=O) groups is 1. The molecule has 0 saturated heterocycles. The number of aliphatic hydroxyl groups excluding tert-OH is 1. The zero-order valence-electron chi connectivity index (χ0n) is 11.7. The molecule has 1 aromatic heterocycles. The van der Waals surface area contributed by atoms with Crippen LogP contribution >= 0.6 is 11.6 Å². The minimum atomic E-state index is -0.444. The predicted octanol–water partition coefficient (Wildman–Crippen LogP) is 2.72. The zero-order chi connectivity index (χ0) is 14.5. The van der Waals surface area contributed by atoms with E-state index in [-0.39, 0.29) is 11.9 Å². The van der Waals surface area contributed by atoms with Gasteiger partial charge in [-0.05, 0) is 31.4 Å². The second kappa shape index (κ2) is 7.04. The molecule has 2 atom stereocenters. The van der Waals surface area contributed by atoms with Gasteiger partial charge in [-0.2, -0.15) is 0 Å². The highest BCUT2D eigenvalue weighted by atomic mass is 35.5. The van der Waals surface area contributed by atoms with Crippen LogP contribution in [-0.4, -0.2) is 28.1 Å². The third-order valence-electron chi connectivity index (χ3n) is 3.66. The number of pyridine rings is 1. The summed E-state index contributed by atoms with van der Waals surface area (Å²) in [6.45, 7) is 2.06. The zero-order valence-corrected chi connectivity index (χ0v) is 12.5. The van der Waals surface area contributed by atoms with E-state index < -0.39 is 6.10 Å². The SMILES string of the molecule is CCCc1cc(C(=O)NC2CCCCC2O)cc(Cl)n1. The summed E-state index contributed by atoms with van der Waals surface area (Å²) in [6.07, 6.45) is 4.95. The van der Waals surface area contributed by atoms with E-state index in [9.17, 15) is 9.90 Å². The van der Waals surface area contributed by atoms with E-state index in [1.165, 1.54) is 0 Å². The van der Waals surface area contributed by atoms with E-state index in [0.29, 0.717) is 10.7 Å². The number of hydrogen-bond donors (Lipinski definition) is 2. The molecular weight excluding hydrogens is 276 g/mol. The van der Waals surface area contributed by atoms with Gasteiger partial charge >= 0.3 is 0 Å². The molecule has 1 amide bonds. The molecule has 20 heavy (non-hydrogen) atoms. The highest BCUT2D eigenvalue weighted by Crippen LogP contribution is 2.19. The summed E-state index contributed by atoms with van der Waals surface area (Å²) < 4.78 is 0. The van der Waals surface area contributed by atoms with Crippen LogP contribution in [0.25, 0.3) is 0 Å². The van der Waals surface area contributed by atoms with Gasteiger partial charge in [-0.15, -0.1) is 0 Å². The van der Waals surface area contributed by atoms with E-state index in [2.05, 4.69) is 17.2 Å². The monoisotopic (exact) mass is 296 g/mol. The summed E-state index contributed by atoms with van der Waals surface area (Å²) in [5, 5.41) is 13.1. The molecule has 1 aliphatic rings. The molecule has 1 fully saturated rings. The van der Waals surface area contributed by atoms with Gasteiger partial charge in [0.25, 0.3) is 5.91 Å². The number of aliphatic hydroxyl groups is 1. The average molecular weight is 297 g/mol. The van der Waals surface area contributed by atoms with Crippen LogP contribution in [0.3, 0.4) is 0 Å². The van der Waals surface area contributed by atoms with E-state index in [0.717, 1.165) is 44.2 Å². The number of aromatic nitrogens is 1. The molecule has 1 aliphatic carbocycles. The molecular formula is C15H21ClN2O2. The predicted molar refractivity (Wildman–Crippen MR) is 79.0 cm³/mol. The van der Waals surface area contributed by atoms with Crippen molar-refractivity contribution in [2.24, 2.45) is 0 Å². The van der Waals surface area contributed by atoms with Crippen molar-refractivity contribution in [3.8, 4) is 0 Å². The van der Waals surface area contributed by atoms with E-state index >= 15 is 0 Å². The number of aryl methyl sites for hydroxylation is 1. The van der Waals surface area contributed by atoms with E-state index in [1.807, 2.05) is 0 Å². The summed E-state index contributed by atoms with van der Waals surface area (Å²) in [6, 6.07) is 3.20. The largest absolute Gasteiger partial charge is 0.391 e. The van der Waals surface area contributed by atoms with Crippen LogP contribution in [0.15, 0.2) is 12.1 Å². The third kappa shape index (κ3) is 3.93. The summed E-state index contributed by atoms with van der Waals surface area (Å²) in [5.41, 5.74) is 1.35. The lowest BCUT2D eigenvalue weighted by atomic mass is 9.92. The highest BCUT2D eigenvalue weighted by Gasteiger charge is 2.25. The first kappa shape index (κ1) is 15.3. The van der Waals surface area contributed by atoms with E-state index in [4.69, 9.17) is 11.6 Å². The van der Waals surface area contributed by atoms with Crippen LogP contribution in [0.5, 0.6) is 0 Å². The van der Waals surface area contributed by atoms with Crippen molar-refractivity contribution in [2.75, 3.05) is 0 Å². The fourth-order valence-electron chi connectivity index (χ4n) is 2.60. The van der Waals surface area contributed by atoms with Crippen LogP contribution in [0.1, 0.15) is 55.1 Å². The number of hydrogen-bond acceptors (Lipinski definition) is 3. The molecule has 1 saturated carbocycles.